The molecule has 0 aliphatic carbocycles. The van der Waals surface area contributed by atoms with Crippen LogP contribution in [0, 0.1) is 12.3 Å². The molecular weight excluding hydrogens is 328 g/mol. The third-order valence-corrected chi connectivity index (χ3v) is 4.80. The molecule has 0 unspecified atom stereocenters. The van der Waals surface area contributed by atoms with Gasteiger partial charge < -0.3 is 10.6 Å². The van der Waals surface area contributed by atoms with Gasteiger partial charge in [0.1, 0.15) is 0 Å². The lowest BCUT2D eigenvalue weighted by Crippen LogP contribution is -2.09. The molecule has 0 heterocycles. The van der Waals surface area contributed by atoms with E-state index in [1.54, 1.807) is 0 Å². The number of anilines is 2. The fourth-order valence-electron chi connectivity index (χ4n) is 3.46. The molecule has 0 fully saturated rings. The van der Waals surface area contributed by atoms with Gasteiger partial charge in [0, 0.05) is 29.5 Å². The van der Waals surface area contributed by atoms with Crippen LogP contribution in [0.25, 0.3) is 16.5 Å². The standard InChI is InChI=1S/C25H30N2/c1-17-10-11-21-15-22(26-6)12-13-23(21)24(17)27-18(2)20-9-7-8-19(14-20)16-25(3,4)5/h7-15,26-27H,2,16H2,1,3-6H3. The highest BCUT2D eigenvalue weighted by atomic mass is 14.9. The number of aryl methyl sites for hydroxylation is 1. The lowest BCUT2D eigenvalue weighted by Gasteiger charge is -2.20. The highest BCUT2D eigenvalue weighted by molar-refractivity contribution is 6.00. The van der Waals surface area contributed by atoms with Crippen LogP contribution in [0.15, 0.2) is 61.2 Å². The molecule has 0 radical (unpaired) electrons. The van der Waals surface area contributed by atoms with Crippen molar-refractivity contribution in [3.05, 3.63) is 77.9 Å². The van der Waals surface area contributed by atoms with Crippen LogP contribution in [-0.2, 0) is 6.42 Å². The molecule has 0 aliphatic heterocycles. The molecule has 0 bridgehead atoms. The van der Waals surface area contributed by atoms with E-state index in [0.29, 0.717) is 0 Å². The SMILES string of the molecule is C=C(Nc1c(C)ccc2cc(NC)ccc12)c1cccc(CC(C)(C)C)c1. The first-order chi connectivity index (χ1) is 12.8. The molecule has 3 aromatic rings. The number of hydrogen-bond donors (Lipinski definition) is 2. The summed E-state index contributed by atoms with van der Waals surface area (Å²) in [5.74, 6) is 0. The van der Waals surface area contributed by atoms with Crippen molar-refractivity contribution < 1.29 is 0 Å². The van der Waals surface area contributed by atoms with E-state index in [9.17, 15) is 0 Å². The molecule has 3 rings (SSSR count). The number of rotatable bonds is 5. The van der Waals surface area contributed by atoms with Crippen molar-refractivity contribution in [3.63, 3.8) is 0 Å². The van der Waals surface area contributed by atoms with Crippen LogP contribution in [-0.4, -0.2) is 7.05 Å². The summed E-state index contributed by atoms with van der Waals surface area (Å²) in [4.78, 5) is 0. The van der Waals surface area contributed by atoms with Crippen LogP contribution in [0.1, 0.15) is 37.5 Å². The predicted octanol–water partition coefficient (Wildman–Crippen LogP) is 6.86. The smallest absolute Gasteiger partial charge is 0.0493 e. The van der Waals surface area contributed by atoms with E-state index in [0.717, 1.165) is 29.1 Å². The summed E-state index contributed by atoms with van der Waals surface area (Å²) in [6, 6.07) is 19.5. The second-order valence-corrected chi connectivity index (χ2v) is 8.48. The van der Waals surface area contributed by atoms with E-state index in [-0.39, 0.29) is 5.41 Å². The molecule has 0 aliphatic rings. The summed E-state index contributed by atoms with van der Waals surface area (Å²) < 4.78 is 0. The maximum absolute atomic E-state index is 4.32. The first-order valence-corrected chi connectivity index (χ1v) is 9.53. The van der Waals surface area contributed by atoms with Crippen molar-refractivity contribution in [2.45, 2.75) is 34.1 Å². The molecule has 2 nitrogen and oxygen atoms in total. The average Bonchev–Trinajstić information content (AvgIpc) is 2.62. The van der Waals surface area contributed by atoms with Gasteiger partial charge in [0.15, 0.2) is 0 Å². The number of fused-ring (bicyclic) bond motifs is 1. The number of hydrogen-bond acceptors (Lipinski definition) is 2. The normalized spacial score (nSPS) is 11.4. The van der Waals surface area contributed by atoms with E-state index in [4.69, 9.17) is 0 Å². The van der Waals surface area contributed by atoms with Crippen LogP contribution < -0.4 is 10.6 Å². The molecule has 3 aromatic carbocycles. The molecule has 27 heavy (non-hydrogen) atoms. The highest BCUT2D eigenvalue weighted by Gasteiger charge is 2.12. The second-order valence-electron chi connectivity index (χ2n) is 8.48. The predicted molar refractivity (Wildman–Crippen MR) is 120 cm³/mol. The Balaban J connectivity index is 1.92. The Labute approximate surface area is 163 Å². The van der Waals surface area contributed by atoms with Gasteiger partial charge in [0.2, 0.25) is 0 Å². The first kappa shape index (κ1) is 19.0. The van der Waals surface area contributed by atoms with Gasteiger partial charge in [0.25, 0.3) is 0 Å². The van der Waals surface area contributed by atoms with E-state index in [2.05, 4.69) is 99.5 Å². The van der Waals surface area contributed by atoms with E-state index in [1.807, 2.05) is 7.05 Å². The molecule has 140 valence electrons. The molecule has 0 saturated carbocycles. The van der Waals surface area contributed by atoms with Crippen molar-refractivity contribution >= 4 is 27.8 Å². The maximum Gasteiger partial charge on any atom is 0.0493 e. The molecule has 0 atom stereocenters. The van der Waals surface area contributed by atoms with Crippen molar-refractivity contribution in [3.8, 4) is 0 Å². The number of benzene rings is 3. The Bertz CT molecular complexity index is 977. The van der Waals surface area contributed by atoms with Gasteiger partial charge in [0.05, 0.1) is 0 Å². The molecule has 0 amide bonds. The molecule has 0 saturated heterocycles. The lowest BCUT2D eigenvalue weighted by atomic mass is 9.87. The Morgan fingerprint density at radius 2 is 1.78 bits per heavy atom. The third-order valence-electron chi connectivity index (χ3n) is 4.80. The van der Waals surface area contributed by atoms with Gasteiger partial charge >= 0.3 is 0 Å². The van der Waals surface area contributed by atoms with Gasteiger partial charge in [-0.2, -0.15) is 0 Å². The Hall–Kier alpha value is -2.74. The summed E-state index contributed by atoms with van der Waals surface area (Å²) in [6.07, 6.45) is 1.05. The van der Waals surface area contributed by atoms with Crippen LogP contribution in [0.5, 0.6) is 0 Å². The van der Waals surface area contributed by atoms with Gasteiger partial charge in [-0.15, -0.1) is 0 Å². The monoisotopic (exact) mass is 358 g/mol. The fourth-order valence-corrected chi connectivity index (χ4v) is 3.46. The molecule has 2 heteroatoms. The van der Waals surface area contributed by atoms with Crippen LogP contribution in [0.2, 0.25) is 0 Å². The zero-order chi connectivity index (χ0) is 19.6. The highest BCUT2D eigenvalue weighted by Crippen LogP contribution is 2.32. The van der Waals surface area contributed by atoms with Gasteiger partial charge in [-0.25, -0.2) is 0 Å². The maximum atomic E-state index is 4.32. The Morgan fingerprint density at radius 3 is 2.48 bits per heavy atom. The summed E-state index contributed by atoms with van der Waals surface area (Å²) in [5, 5.41) is 9.21. The fraction of sp³-hybridized carbons (Fsp3) is 0.280. The summed E-state index contributed by atoms with van der Waals surface area (Å²) >= 11 is 0. The van der Waals surface area contributed by atoms with Gasteiger partial charge in [-0.05, 0) is 59.0 Å². The van der Waals surface area contributed by atoms with E-state index < -0.39 is 0 Å². The van der Waals surface area contributed by atoms with Gasteiger partial charge in [-0.1, -0.05) is 63.7 Å². The van der Waals surface area contributed by atoms with Crippen LogP contribution in [0.4, 0.5) is 11.4 Å². The molecule has 2 N–H and O–H groups in total. The molecule has 0 spiro atoms. The third kappa shape index (κ3) is 4.51. The Kier molecular flexibility index (Phi) is 5.27. The summed E-state index contributed by atoms with van der Waals surface area (Å²) in [5.41, 5.74) is 7.14. The van der Waals surface area contributed by atoms with Crippen molar-refractivity contribution in [1.29, 1.82) is 0 Å². The van der Waals surface area contributed by atoms with Crippen molar-refractivity contribution in [2.75, 3.05) is 17.7 Å². The summed E-state index contributed by atoms with van der Waals surface area (Å²) in [7, 11) is 1.95. The van der Waals surface area contributed by atoms with Crippen LogP contribution in [0.3, 0.4) is 0 Å². The zero-order valence-electron chi connectivity index (χ0n) is 17.1. The minimum atomic E-state index is 0.268. The zero-order valence-corrected chi connectivity index (χ0v) is 17.1. The quantitative estimate of drug-likeness (QED) is 0.520. The van der Waals surface area contributed by atoms with Crippen molar-refractivity contribution in [1.82, 2.24) is 0 Å². The largest absolute Gasteiger partial charge is 0.388 e. The first-order valence-electron chi connectivity index (χ1n) is 9.53. The van der Waals surface area contributed by atoms with Gasteiger partial charge in [-0.3, -0.25) is 0 Å². The lowest BCUT2D eigenvalue weighted by molar-refractivity contribution is 0.411. The molecular formula is C25H30N2. The second kappa shape index (κ2) is 7.48. The Morgan fingerprint density at radius 1 is 1.00 bits per heavy atom. The van der Waals surface area contributed by atoms with E-state index in [1.165, 1.54) is 21.9 Å². The number of nitrogens with one attached hydrogen (secondary N) is 2. The minimum absolute atomic E-state index is 0.268. The van der Waals surface area contributed by atoms with Crippen molar-refractivity contribution in [2.24, 2.45) is 5.41 Å². The minimum Gasteiger partial charge on any atom is -0.388 e. The summed E-state index contributed by atoms with van der Waals surface area (Å²) in [6.45, 7) is 13.3. The topological polar surface area (TPSA) is 24.1 Å². The average molecular weight is 359 g/mol. The van der Waals surface area contributed by atoms with E-state index >= 15 is 0 Å². The molecule has 0 aromatic heterocycles. The van der Waals surface area contributed by atoms with Crippen LogP contribution >= 0.6 is 0 Å².